The van der Waals surface area contributed by atoms with E-state index in [9.17, 15) is 4.79 Å². The Bertz CT molecular complexity index is 641. The Hall–Kier alpha value is -0.870. The van der Waals surface area contributed by atoms with Gasteiger partial charge in [-0.05, 0) is 44.7 Å². The van der Waals surface area contributed by atoms with Gasteiger partial charge in [0, 0.05) is 11.1 Å². The summed E-state index contributed by atoms with van der Waals surface area (Å²) in [5.41, 5.74) is 1.02. The maximum Gasteiger partial charge on any atom is 0.189 e. The van der Waals surface area contributed by atoms with E-state index >= 15 is 0 Å². The van der Waals surface area contributed by atoms with Crippen molar-refractivity contribution in [2.45, 2.75) is 25.9 Å². The normalized spacial score (nSPS) is 14.2. The Morgan fingerprint density at radius 2 is 1.81 bits per heavy atom. The fourth-order valence-corrected chi connectivity index (χ4v) is 3.57. The second kappa shape index (κ2) is 6.93. The van der Waals surface area contributed by atoms with E-state index in [-0.39, 0.29) is 17.9 Å². The average molecular weight is 342 g/mol. The van der Waals surface area contributed by atoms with Crippen LogP contribution in [0.4, 0.5) is 0 Å². The van der Waals surface area contributed by atoms with Gasteiger partial charge in [0.05, 0.1) is 15.3 Å². The number of halogens is 2. The number of carbonyl (C=O) groups is 1. The number of hydrogen-bond acceptors (Lipinski definition) is 3. The molecule has 0 saturated heterocycles. The molecule has 2 aromatic rings. The third kappa shape index (κ3) is 3.67. The highest BCUT2D eigenvalue weighted by molar-refractivity contribution is 7.18. The van der Waals surface area contributed by atoms with E-state index in [0.29, 0.717) is 9.21 Å². The van der Waals surface area contributed by atoms with Crippen LogP contribution in [0.2, 0.25) is 9.36 Å². The fourth-order valence-electron chi connectivity index (χ4n) is 2.21. The van der Waals surface area contributed by atoms with Crippen LogP contribution in [0.5, 0.6) is 0 Å². The Kier molecular flexibility index (Phi) is 5.44. The van der Waals surface area contributed by atoms with Gasteiger partial charge < -0.3 is 0 Å². The minimum absolute atomic E-state index is 0.0492. The first-order valence-electron chi connectivity index (χ1n) is 6.67. The smallest absolute Gasteiger partial charge is 0.189 e. The highest BCUT2D eigenvalue weighted by Gasteiger charge is 2.26. The van der Waals surface area contributed by atoms with Gasteiger partial charge in [-0.2, -0.15) is 0 Å². The zero-order chi connectivity index (χ0) is 15.6. The molecule has 0 saturated carbocycles. The van der Waals surface area contributed by atoms with Crippen molar-refractivity contribution in [3.05, 3.63) is 56.2 Å². The number of benzene rings is 1. The summed E-state index contributed by atoms with van der Waals surface area (Å²) in [6, 6.07) is 11.1. The zero-order valence-corrected chi connectivity index (χ0v) is 14.5. The van der Waals surface area contributed by atoms with Gasteiger partial charge in [0.15, 0.2) is 5.78 Å². The van der Waals surface area contributed by atoms with Gasteiger partial charge in [-0.3, -0.25) is 9.69 Å². The number of ketones is 1. The molecule has 2 unspecified atom stereocenters. The van der Waals surface area contributed by atoms with E-state index in [1.165, 1.54) is 11.3 Å². The van der Waals surface area contributed by atoms with E-state index in [1.54, 1.807) is 12.1 Å². The van der Waals surface area contributed by atoms with Crippen molar-refractivity contribution in [1.29, 1.82) is 0 Å². The lowest BCUT2D eigenvalue weighted by molar-refractivity contribution is 0.0830. The van der Waals surface area contributed by atoms with Crippen LogP contribution in [-0.4, -0.2) is 23.8 Å². The summed E-state index contributed by atoms with van der Waals surface area (Å²) < 4.78 is 0.632. The molecule has 0 bridgehead atoms. The summed E-state index contributed by atoms with van der Waals surface area (Å²) in [7, 11) is 1.94. The summed E-state index contributed by atoms with van der Waals surface area (Å²) in [6.07, 6.45) is 0. The Balaban J connectivity index is 2.17. The van der Waals surface area contributed by atoms with Crippen molar-refractivity contribution in [2.24, 2.45) is 0 Å². The highest BCUT2D eigenvalue weighted by Crippen LogP contribution is 2.29. The third-order valence-corrected chi connectivity index (χ3v) is 5.36. The average Bonchev–Trinajstić information content (AvgIpc) is 2.91. The van der Waals surface area contributed by atoms with E-state index in [4.69, 9.17) is 23.2 Å². The molecule has 0 radical (unpaired) electrons. The highest BCUT2D eigenvalue weighted by atomic mass is 35.5. The van der Waals surface area contributed by atoms with Crippen LogP contribution in [0.25, 0.3) is 0 Å². The molecule has 1 heterocycles. The van der Waals surface area contributed by atoms with Gasteiger partial charge in [-0.25, -0.2) is 0 Å². The molecule has 21 heavy (non-hydrogen) atoms. The van der Waals surface area contributed by atoms with Crippen LogP contribution in [0, 0.1) is 0 Å². The van der Waals surface area contributed by atoms with Crippen molar-refractivity contribution >= 4 is 40.3 Å². The summed E-state index contributed by atoms with van der Waals surface area (Å²) in [4.78, 5) is 15.2. The first-order valence-corrected chi connectivity index (χ1v) is 8.25. The van der Waals surface area contributed by atoms with Gasteiger partial charge in [-0.15, -0.1) is 11.3 Å². The van der Waals surface area contributed by atoms with Gasteiger partial charge in [0.2, 0.25) is 0 Å². The molecule has 5 heteroatoms. The molecular weight excluding hydrogens is 325 g/mol. The van der Waals surface area contributed by atoms with Crippen LogP contribution in [-0.2, 0) is 0 Å². The minimum Gasteiger partial charge on any atom is -0.291 e. The molecule has 0 aliphatic rings. The quantitative estimate of drug-likeness (QED) is 0.686. The molecule has 0 aliphatic carbocycles. The lowest BCUT2D eigenvalue weighted by Crippen LogP contribution is -2.37. The lowest BCUT2D eigenvalue weighted by Gasteiger charge is -2.30. The molecule has 0 N–H and O–H groups in total. The summed E-state index contributed by atoms with van der Waals surface area (Å²) in [5.74, 6) is 0.0771. The number of nitrogens with zero attached hydrogens (tertiary/aromatic N) is 1. The maximum atomic E-state index is 12.5. The summed E-state index contributed by atoms with van der Waals surface area (Å²) >= 11 is 13.5. The van der Waals surface area contributed by atoms with Gasteiger partial charge in [-0.1, -0.05) is 41.4 Å². The Labute approximate surface area is 139 Å². The molecule has 0 spiro atoms. The third-order valence-electron chi connectivity index (χ3n) is 3.77. The van der Waals surface area contributed by atoms with Gasteiger partial charge in [0.25, 0.3) is 0 Å². The summed E-state index contributed by atoms with van der Waals surface area (Å²) in [5, 5.41) is 0.718. The molecular formula is C16H17Cl2NOS. The largest absolute Gasteiger partial charge is 0.291 e. The second-order valence-electron chi connectivity index (χ2n) is 5.01. The topological polar surface area (TPSA) is 20.3 Å². The van der Waals surface area contributed by atoms with E-state index in [1.807, 2.05) is 50.1 Å². The van der Waals surface area contributed by atoms with Crippen LogP contribution >= 0.6 is 34.5 Å². The second-order valence-corrected chi connectivity index (χ2v) is 7.13. The van der Waals surface area contributed by atoms with Gasteiger partial charge >= 0.3 is 0 Å². The number of rotatable bonds is 5. The first-order chi connectivity index (χ1) is 9.91. The van der Waals surface area contributed by atoms with Crippen molar-refractivity contribution in [1.82, 2.24) is 4.90 Å². The first kappa shape index (κ1) is 16.5. The Morgan fingerprint density at radius 1 is 1.14 bits per heavy atom. The number of Topliss-reactive ketones (excluding diaryl/α,β-unsaturated/α-hetero) is 1. The fraction of sp³-hybridized carbons (Fsp3) is 0.312. The van der Waals surface area contributed by atoms with Crippen LogP contribution in [0.1, 0.15) is 35.1 Å². The number of likely N-dealkylation sites (N-methyl/N-ethyl adjacent to an activating group) is 1. The molecule has 1 aromatic carbocycles. The molecule has 2 atom stereocenters. The standard InChI is InChI=1S/C16H17Cl2NOS/c1-10(12-6-4-5-7-13(12)17)19(3)11(2)16(20)14-8-9-15(18)21-14/h4-11H,1-3H3. The van der Waals surface area contributed by atoms with Crippen molar-refractivity contribution in [2.75, 3.05) is 7.05 Å². The van der Waals surface area contributed by atoms with E-state index in [0.717, 1.165) is 10.6 Å². The summed E-state index contributed by atoms with van der Waals surface area (Å²) in [6.45, 7) is 3.95. The predicted molar refractivity (Wildman–Crippen MR) is 90.8 cm³/mol. The van der Waals surface area contributed by atoms with E-state index < -0.39 is 0 Å². The maximum absolute atomic E-state index is 12.5. The van der Waals surface area contributed by atoms with Crippen molar-refractivity contribution < 1.29 is 4.79 Å². The van der Waals surface area contributed by atoms with Crippen molar-refractivity contribution in [3.63, 3.8) is 0 Å². The van der Waals surface area contributed by atoms with Crippen LogP contribution in [0.3, 0.4) is 0 Å². The SMILES string of the molecule is CC(C(=O)c1ccc(Cl)s1)N(C)C(C)c1ccccc1Cl. The van der Waals surface area contributed by atoms with Crippen LogP contribution < -0.4 is 0 Å². The van der Waals surface area contributed by atoms with Crippen molar-refractivity contribution in [3.8, 4) is 0 Å². The van der Waals surface area contributed by atoms with Crippen LogP contribution in [0.15, 0.2) is 36.4 Å². The molecule has 0 aliphatic heterocycles. The minimum atomic E-state index is -0.244. The van der Waals surface area contributed by atoms with E-state index in [2.05, 4.69) is 0 Å². The number of carbonyl (C=O) groups excluding carboxylic acids is 1. The molecule has 2 rings (SSSR count). The number of thiophene rings is 1. The predicted octanol–water partition coefficient (Wildman–Crippen LogP) is 5.32. The monoisotopic (exact) mass is 341 g/mol. The molecule has 0 fully saturated rings. The molecule has 1 aromatic heterocycles. The lowest BCUT2D eigenvalue weighted by atomic mass is 10.0. The molecule has 112 valence electrons. The zero-order valence-electron chi connectivity index (χ0n) is 12.1. The number of hydrogen-bond donors (Lipinski definition) is 0. The van der Waals surface area contributed by atoms with Gasteiger partial charge in [0.1, 0.15) is 0 Å². The Morgan fingerprint density at radius 3 is 2.38 bits per heavy atom. The molecule has 2 nitrogen and oxygen atoms in total. The molecule has 0 amide bonds.